The topological polar surface area (TPSA) is 44.5 Å². The molecule has 13 heavy (non-hydrogen) atoms. The lowest BCUT2D eigenvalue weighted by Gasteiger charge is -2.07. The van der Waals surface area contributed by atoms with Crippen LogP contribution >= 0.6 is 0 Å². The fourth-order valence-electron chi connectivity index (χ4n) is 0.890. The lowest BCUT2D eigenvalue weighted by molar-refractivity contribution is 0.308. The molecule has 0 aliphatic rings. The second-order valence-corrected chi connectivity index (χ2v) is 2.43. The van der Waals surface area contributed by atoms with Gasteiger partial charge in [-0.25, -0.2) is 4.39 Å². The third kappa shape index (κ3) is 2.59. The molecule has 0 saturated carbocycles. The molecule has 0 bridgehead atoms. The predicted molar refractivity (Wildman–Crippen MR) is 47.5 cm³/mol. The van der Waals surface area contributed by atoms with E-state index in [9.17, 15) is 4.39 Å². The number of halogens is 1. The molecule has 0 amide bonds. The number of rotatable bonds is 4. The molecular formula is C9H12FNO2. The fraction of sp³-hybridized carbons (Fsp3) is 0.333. The molecule has 0 fully saturated rings. The maximum atomic E-state index is 13.0. The van der Waals surface area contributed by atoms with E-state index in [4.69, 9.17) is 15.2 Å². The molecule has 3 nitrogen and oxygen atoms in total. The molecule has 0 aliphatic heterocycles. The summed E-state index contributed by atoms with van der Waals surface area (Å²) in [7, 11) is 1.51. The van der Waals surface area contributed by atoms with Crippen LogP contribution in [0.15, 0.2) is 18.2 Å². The average molecular weight is 185 g/mol. The van der Waals surface area contributed by atoms with Crippen LogP contribution in [0.4, 0.5) is 4.39 Å². The Morgan fingerprint density at radius 3 is 2.85 bits per heavy atom. The minimum Gasteiger partial charge on any atom is -0.497 e. The van der Waals surface area contributed by atoms with E-state index in [-0.39, 0.29) is 5.75 Å². The number of hydrogen-bond donors (Lipinski definition) is 1. The largest absolute Gasteiger partial charge is 0.497 e. The molecule has 0 unspecified atom stereocenters. The van der Waals surface area contributed by atoms with Gasteiger partial charge in [0.05, 0.1) is 7.11 Å². The van der Waals surface area contributed by atoms with Crippen molar-refractivity contribution in [2.24, 2.45) is 5.73 Å². The van der Waals surface area contributed by atoms with Gasteiger partial charge in [-0.15, -0.1) is 0 Å². The van der Waals surface area contributed by atoms with Crippen molar-refractivity contribution in [1.29, 1.82) is 0 Å². The average Bonchev–Trinajstić information content (AvgIpc) is 2.17. The fourth-order valence-corrected chi connectivity index (χ4v) is 0.890. The first-order chi connectivity index (χ1) is 6.27. The van der Waals surface area contributed by atoms with E-state index in [1.165, 1.54) is 25.3 Å². The van der Waals surface area contributed by atoms with Gasteiger partial charge in [0.1, 0.15) is 12.4 Å². The third-order valence-electron chi connectivity index (χ3n) is 1.51. The summed E-state index contributed by atoms with van der Waals surface area (Å²) in [6.45, 7) is 0.654. The van der Waals surface area contributed by atoms with Crippen LogP contribution in [0.1, 0.15) is 0 Å². The SMILES string of the molecule is COc1ccc(F)c(OCCN)c1. The van der Waals surface area contributed by atoms with Gasteiger partial charge in [0.15, 0.2) is 11.6 Å². The van der Waals surface area contributed by atoms with Crippen molar-refractivity contribution in [1.82, 2.24) is 0 Å². The first-order valence-electron chi connectivity index (χ1n) is 3.94. The first-order valence-corrected chi connectivity index (χ1v) is 3.94. The first kappa shape index (κ1) is 9.80. The molecule has 0 aromatic heterocycles. The number of methoxy groups -OCH3 is 1. The van der Waals surface area contributed by atoms with E-state index >= 15 is 0 Å². The summed E-state index contributed by atoms with van der Waals surface area (Å²) < 4.78 is 23.0. The van der Waals surface area contributed by atoms with E-state index in [1.54, 1.807) is 0 Å². The van der Waals surface area contributed by atoms with Crippen molar-refractivity contribution in [3.63, 3.8) is 0 Å². The minimum absolute atomic E-state index is 0.171. The zero-order chi connectivity index (χ0) is 9.68. The molecule has 0 aliphatic carbocycles. The number of hydrogen-bond acceptors (Lipinski definition) is 3. The van der Waals surface area contributed by atoms with Crippen LogP contribution in [-0.2, 0) is 0 Å². The molecule has 0 spiro atoms. The molecule has 1 aromatic rings. The Hall–Kier alpha value is -1.29. The summed E-state index contributed by atoms with van der Waals surface area (Å²) in [5, 5.41) is 0. The van der Waals surface area contributed by atoms with E-state index < -0.39 is 5.82 Å². The van der Waals surface area contributed by atoms with Crippen molar-refractivity contribution < 1.29 is 13.9 Å². The summed E-state index contributed by atoms with van der Waals surface area (Å²) in [5.74, 6) is 0.326. The zero-order valence-corrected chi connectivity index (χ0v) is 7.42. The van der Waals surface area contributed by atoms with E-state index in [2.05, 4.69) is 0 Å². The summed E-state index contributed by atoms with van der Waals surface area (Å²) in [6.07, 6.45) is 0. The Labute approximate surface area is 76.3 Å². The quantitative estimate of drug-likeness (QED) is 0.765. The van der Waals surface area contributed by atoms with Gasteiger partial charge in [-0.1, -0.05) is 0 Å². The smallest absolute Gasteiger partial charge is 0.165 e. The van der Waals surface area contributed by atoms with Gasteiger partial charge >= 0.3 is 0 Å². The Balaban J connectivity index is 2.78. The minimum atomic E-state index is -0.408. The Morgan fingerprint density at radius 1 is 1.46 bits per heavy atom. The highest BCUT2D eigenvalue weighted by molar-refractivity contribution is 5.34. The Morgan fingerprint density at radius 2 is 2.23 bits per heavy atom. The van der Waals surface area contributed by atoms with Gasteiger partial charge in [0.2, 0.25) is 0 Å². The van der Waals surface area contributed by atoms with Gasteiger partial charge in [-0.05, 0) is 12.1 Å². The lowest BCUT2D eigenvalue weighted by Crippen LogP contribution is -2.11. The van der Waals surface area contributed by atoms with Crippen LogP contribution in [0, 0.1) is 5.82 Å². The standard InChI is InChI=1S/C9H12FNO2/c1-12-7-2-3-8(10)9(6-7)13-5-4-11/h2-3,6H,4-5,11H2,1H3. The Bertz CT molecular complexity index is 278. The molecular weight excluding hydrogens is 173 g/mol. The highest BCUT2D eigenvalue weighted by atomic mass is 19.1. The van der Waals surface area contributed by atoms with Gasteiger partial charge in [-0.3, -0.25) is 0 Å². The van der Waals surface area contributed by atoms with E-state index in [0.29, 0.717) is 18.9 Å². The van der Waals surface area contributed by atoms with Crippen LogP contribution in [0.25, 0.3) is 0 Å². The predicted octanol–water partition coefficient (Wildman–Crippen LogP) is 1.17. The summed E-state index contributed by atoms with van der Waals surface area (Å²) in [5.41, 5.74) is 5.22. The highest BCUT2D eigenvalue weighted by Crippen LogP contribution is 2.22. The number of ether oxygens (including phenoxy) is 2. The van der Waals surface area contributed by atoms with Crippen LogP contribution in [-0.4, -0.2) is 20.3 Å². The van der Waals surface area contributed by atoms with E-state index in [1.807, 2.05) is 0 Å². The van der Waals surface area contributed by atoms with Crippen LogP contribution in [0.3, 0.4) is 0 Å². The van der Waals surface area contributed by atoms with Crippen LogP contribution < -0.4 is 15.2 Å². The molecule has 0 saturated heterocycles. The van der Waals surface area contributed by atoms with Crippen molar-refractivity contribution in [3.8, 4) is 11.5 Å². The van der Waals surface area contributed by atoms with Crippen molar-refractivity contribution in [2.75, 3.05) is 20.3 Å². The molecule has 0 atom stereocenters. The zero-order valence-electron chi connectivity index (χ0n) is 7.42. The molecule has 1 rings (SSSR count). The van der Waals surface area contributed by atoms with Gasteiger partial charge in [0.25, 0.3) is 0 Å². The highest BCUT2D eigenvalue weighted by Gasteiger charge is 2.03. The monoisotopic (exact) mass is 185 g/mol. The van der Waals surface area contributed by atoms with Gasteiger partial charge in [-0.2, -0.15) is 0 Å². The lowest BCUT2D eigenvalue weighted by atomic mass is 10.3. The molecule has 0 heterocycles. The Kier molecular flexibility index (Phi) is 3.52. The molecule has 1 aromatic carbocycles. The molecule has 0 radical (unpaired) electrons. The maximum absolute atomic E-state index is 13.0. The summed E-state index contributed by atoms with van der Waals surface area (Å²) >= 11 is 0. The molecule has 72 valence electrons. The second kappa shape index (κ2) is 4.67. The third-order valence-corrected chi connectivity index (χ3v) is 1.51. The molecule has 2 N–H and O–H groups in total. The van der Waals surface area contributed by atoms with Gasteiger partial charge in [0, 0.05) is 12.6 Å². The normalized spacial score (nSPS) is 9.77. The second-order valence-electron chi connectivity index (χ2n) is 2.43. The van der Waals surface area contributed by atoms with Gasteiger partial charge < -0.3 is 15.2 Å². The van der Waals surface area contributed by atoms with Crippen molar-refractivity contribution >= 4 is 0 Å². The summed E-state index contributed by atoms with van der Waals surface area (Å²) in [4.78, 5) is 0. The van der Waals surface area contributed by atoms with Crippen LogP contribution in [0.2, 0.25) is 0 Å². The van der Waals surface area contributed by atoms with E-state index in [0.717, 1.165) is 0 Å². The van der Waals surface area contributed by atoms with Crippen molar-refractivity contribution in [3.05, 3.63) is 24.0 Å². The summed E-state index contributed by atoms with van der Waals surface area (Å²) in [6, 6.07) is 4.32. The molecule has 4 heteroatoms. The number of benzene rings is 1. The van der Waals surface area contributed by atoms with Crippen molar-refractivity contribution in [2.45, 2.75) is 0 Å². The number of nitrogens with two attached hydrogens (primary N) is 1. The maximum Gasteiger partial charge on any atom is 0.165 e. The van der Waals surface area contributed by atoms with Crippen LogP contribution in [0.5, 0.6) is 11.5 Å².